The standard InChI is InChI=1S/C12H27Ge.C9H9NO3/c1-4-7-10-13(11-8-5-2)12-9-6-3;11-8(12)6-10-9(13)7-4-2-1-3-5-7/h4-12H2,1-3H3;1-5H,6H2,(H,10,13)(H,11,12). The maximum atomic E-state index is 11.2. The molecule has 2 N–H and O–H groups in total. The number of nitrogens with one attached hydrogen (secondary N) is 1. The molecule has 0 atom stereocenters. The van der Waals surface area contributed by atoms with Crippen molar-refractivity contribution in [1.29, 1.82) is 0 Å². The molecule has 0 aromatic heterocycles. The van der Waals surface area contributed by atoms with Crippen LogP contribution in [-0.2, 0) is 4.79 Å². The molecular formula is C21H36GeNO3. The zero-order chi connectivity index (χ0) is 19.6. The molecule has 0 bridgehead atoms. The van der Waals surface area contributed by atoms with Crippen molar-refractivity contribution in [3.05, 3.63) is 35.9 Å². The van der Waals surface area contributed by atoms with Gasteiger partial charge in [0, 0.05) is 5.56 Å². The van der Waals surface area contributed by atoms with Gasteiger partial charge in [-0.25, -0.2) is 0 Å². The Hall–Kier alpha value is -1.30. The third-order valence-corrected chi connectivity index (χ3v) is 10.8. The zero-order valence-corrected chi connectivity index (χ0v) is 18.8. The van der Waals surface area contributed by atoms with Gasteiger partial charge in [0.05, 0.1) is 0 Å². The Bertz CT molecular complexity index is 460. The van der Waals surface area contributed by atoms with Gasteiger partial charge in [-0.05, 0) is 12.1 Å². The number of carboxylic acid groups (broad SMARTS) is 1. The first-order valence-corrected chi connectivity index (χ1v) is 14.4. The Morgan fingerprint density at radius 2 is 1.35 bits per heavy atom. The number of carboxylic acids is 1. The van der Waals surface area contributed by atoms with Gasteiger partial charge in [0.2, 0.25) is 0 Å². The molecule has 5 heteroatoms. The van der Waals surface area contributed by atoms with E-state index in [9.17, 15) is 9.59 Å². The molecule has 1 radical (unpaired) electrons. The molecule has 0 heterocycles. The molecule has 147 valence electrons. The molecule has 1 aromatic carbocycles. The fraction of sp³-hybridized carbons (Fsp3) is 0.619. The van der Waals surface area contributed by atoms with Crippen molar-refractivity contribution in [2.75, 3.05) is 6.54 Å². The fourth-order valence-electron chi connectivity index (χ4n) is 2.50. The summed E-state index contributed by atoms with van der Waals surface area (Å²) in [6.45, 7) is 6.63. The van der Waals surface area contributed by atoms with Gasteiger partial charge in [0.1, 0.15) is 6.54 Å². The number of carbonyl (C=O) groups excluding carboxylic acids is 1. The summed E-state index contributed by atoms with van der Waals surface area (Å²) in [5.74, 6) is -1.42. The van der Waals surface area contributed by atoms with E-state index in [0.29, 0.717) is 5.56 Å². The molecular weight excluding hydrogens is 387 g/mol. The van der Waals surface area contributed by atoms with E-state index in [1.165, 1.54) is 38.5 Å². The van der Waals surface area contributed by atoms with Crippen molar-refractivity contribution in [2.45, 2.75) is 75.1 Å². The van der Waals surface area contributed by atoms with E-state index >= 15 is 0 Å². The van der Waals surface area contributed by atoms with Crippen LogP contribution < -0.4 is 5.32 Å². The first-order valence-electron chi connectivity index (χ1n) is 9.93. The third-order valence-electron chi connectivity index (χ3n) is 4.09. The first kappa shape index (κ1) is 24.7. The van der Waals surface area contributed by atoms with Crippen molar-refractivity contribution in [3.8, 4) is 0 Å². The van der Waals surface area contributed by atoms with Gasteiger partial charge in [0.15, 0.2) is 0 Å². The van der Waals surface area contributed by atoms with Gasteiger partial charge in [-0.3, -0.25) is 9.59 Å². The van der Waals surface area contributed by atoms with Gasteiger partial charge in [-0.2, -0.15) is 0 Å². The molecule has 0 unspecified atom stereocenters. The number of amides is 1. The van der Waals surface area contributed by atoms with Crippen LogP contribution in [-0.4, -0.2) is 37.9 Å². The van der Waals surface area contributed by atoms with Gasteiger partial charge >= 0.3 is 95.4 Å². The van der Waals surface area contributed by atoms with Crippen LogP contribution in [0.4, 0.5) is 0 Å². The van der Waals surface area contributed by atoms with E-state index in [-0.39, 0.29) is 12.5 Å². The Morgan fingerprint density at radius 1 is 0.885 bits per heavy atom. The Kier molecular flexibility index (Phi) is 16.3. The normalized spacial score (nSPS) is 10.2. The monoisotopic (exact) mass is 424 g/mol. The summed E-state index contributed by atoms with van der Waals surface area (Å²) in [5, 5.41) is 15.5. The minimum absolute atomic E-state index is 0.353. The predicted octanol–water partition coefficient (Wildman–Crippen LogP) is 5.38. The second-order valence-electron chi connectivity index (χ2n) is 6.50. The molecule has 1 aromatic rings. The predicted molar refractivity (Wildman–Crippen MR) is 111 cm³/mol. The number of hydrogen-bond donors (Lipinski definition) is 2. The van der Waals surface area contributed by atoms with E-state index < -0.39 is 20.3 Å². The van der Waals surface area contributed by atoms with Crippen molar-refractivity contribution in [2.24, 2.45) is 0 Å². The molecule has 0 saturated heterocycles. The van der Waals surface area contributed by atoms with Crippen molar-refractivity contribution < 1.29 is 14.7 Å². The average Bonchev–Trinajstić information content (AvgIpc) is 2.66. The Balaban J connectivity index is 0.000000481. The summed E-state index contributed by atoms with van der Waals surface area (Å²) in [6, 6.07) is 8.47. The second-order valence-corrected chi connectivity index (χ2v) is 12.8. The van der Waals surface area contributed by atoms with Gasteiger partial charge in [-0.1, -0.05) is 18.2 Å². The number of carbonyl (C=O) groups is 2. The molecule has 0 spiro atoms. The van der Waals surface area contributed by atoms with Crippen LogP contribution in [0.1, 0.15) is 69.7 Å². The van der Waals surface area contributed by atoms with E-state index in [2.05, 4.69) is 26.1 Å². The minimum atomic E-state index is -1.05. The summed E-state index contributed by atoms with van der Waals surface area (Å²) in [5.41, 5.74) is 0.462. The largest absolute Gasteiger partial charge is 0.480 e. The molecule has 1 amide bonds. The third kappa shape index (κ3) is 13.9. The first-order chi connectivity index (χ1) is 12.5. The van der Waals surface area contributed by atoms with Crippen LogP contribution >= 0.6 is 0 Å². The molecule has 26 heavy (non-hydrogen) atoms. The van der Waals surface area contributed by atoms with Crippen molar-refractivity contribution in [3.63, 3.8) is 0 Å². The topological polar surface area (TPSA) is 66.4 Å². The smallest absolute Gasteiger partial charge is 0.322 e. The van der Waals surface area contributed by atoms with E-state index in [0.717, 1.165) is 0 Å². The van der Waals surface area contributed by atoms with Crippen molar-refractivity contribution in [1.82, 2.24) is 5.32 Å². The Morgan fingerprint density at radius 3 is 1.73 bits per heavy atom. The van der Waals surface area contributed by atoms with Gasteiger partial charge in [-0.15, -0.1) is 0 Å². The van der Waals surface area contributed by atoms with Gasteiger partial charge < -0.3 is 10.4 Å². The summed E-state index contributed by atoms with van der Waals surface area (Å²) in [4.78, 5) is 21.3. The number of aliphatic carboxylic acids is 1. The van der Waals surface area contributed by atoms with Crippen molar-refractivity contribution >= 4 is 26.2 Å². The quantitative estimate of drug-likeness (QED) is 0.444. The SMILES string of the molecule is CCC[CH2][Ge]([CH2]CCC)[CH2]CCC.O=C(O)CNC(=O)c1ccccc1. The number of benzene rings is 1. The average molecular weight is 423 g/mol. The molecule has 0 fully saturated rings. The Labute approximate surface area is 163 Å². The second kappa shape index (κ2) is 17.1. The van der Waals surface area contributed by atoms with E-state index in [1.807, 2.05) is 0 Å². The summed E-state index contributed by atoms with van der Waals surface area (Å²) >= 11 is -0.552. The number of hydrogen-bond acceptors (Lipinski definition) is 2. The minimum Gasteiger partial charge on any atom is -0.480 e. The van der Waals surface area contributed by atoms with Crippen LogP contribution in [0.15, 0.2) is 30.3 Å². The molecule has 0 aliphatic rings. The fourth-order valence-corrected chi connectivity index (χ4v) is 9.45. The van der Waals surface area contributed by atoms with Crippen LogP contribution in [0.3, 0.4) is 0 Å². The van der Waals surface area contributed by atoms with Crippen LogP contribution in [0, 0.1) is 0 Å². The molecule has 1 rings (SSSR count). The molecule has 4 nitrogen and oxygen atoms in total. The molecule has 0 aliphatic heterocycles. The molecule has 0 aliphatic carbocycles. The summed E-state index contributed by atoms with van der Waals surface area (Å²) < 4.78 is 0. The zero-order valence-electron chi connectivity index (χ0n) is 16.7. The van der Waals surface area contributed by atoms with Gasteiger partial charge in [0.25, 0.3) is 5.91 Å². The van der Waals surface area contributed by atoms with Crippen LogP contribution in [0.5, 0.6) is 0 Å². The maximum absolute atomic E-state index is 11.2. The van der Waals surface area contributed by atoms with Crippen LogP contribution in [0.2, 0.25) is 15.8 Å². The van der Waals surface area contributed by atoms with Crippen LogP contribution in [0.25, 0.3) is 0 Å². The maximum Gasteiger partial charge on any atom is 0.322 e. The number of rotatable bonds is 12. The summed E-state index contributed by atoms with van der Waals surface area (Å²) in [6.07, 6.45) is 8.78. The number of unbranched alkanes of at least 4 members (excludes halogenated alkanes) is 3. The molecule has 0 saturated carbocycles. The van der Waals surface area contributed by atoms with E-state index in [4.69, 9.17) is 5.11 Å². The summed E-state index contributed by atoms with van der Waals surface area (Å²) in [7, 11) is 0. The van der Waals surface area contributed by atoms with E-state index in [1.54, 1.807) is 46.1 Å².